The monoisotopic (exact) mass is 448 g/mol. The summed E-state index contributed by atoms with van der Waals surface area (Å²) < 4.78 is 21.0. The second-order valence-electron chi connectivity index (χ2n) is 6.89. The molecule has 2 aliphatic rings. The molecule has 0 spiro atoms. The Morgan fingerprint density at radius 1 is 0.839 bits per heavy atom. The van der Waals surface area contributed by atoms with Crippen molar-refractivity contribution in [2.75, 3.05) is 13.2 Å². The maximum Gasteiger partial charge on any atom is 0.349 e. The molecular formula is C16H20N2O13. The molecule has 2 heterocycles. The number of aliphatic hydroxyl groups is 5. The molecule has 0 aliphatic carbocycles. The first kappa shape index (κ1) is 23.2. The Morgan fingerprint density at radius 3 is 2.10 bits per heavy atom. The van der Waals surface area contributed by atoms with Crippen molar-refractivity contribution in [3.05, 3.63) is 38.4 Å². The highest BCUT2D eigenvalue weighted by Gasteiger charge is 2.45. The largest absolute Gasteiger partial charge is 0.462 e. The van der Waals surface area contributed by atoms with Crippen molar-refractivity contribution in [2.24, 2.45) is 0 Å². The Kier molecular flexibility index (Phi) is 6.97. The number of nitro benzene ring substituents is 2. The second-order valence-corrected chi connectivity index (χ2v) is 6.89. The number of hydrogen-bond acceptors (Lipinski definition) is 13. The molecule has 1 aromatic carbocycles. The van der Waals surface area contributed by atoms with Crippen LogP contribution < -0.4 is 4.74 Å². The normalized spacial score (nSPS) is 36.0. The second kappa shape index (κ2) is 9.33. The van der Waals surface area contributed by atoms with Gasteiger partial charge in [-0.05, 0) is 6.07 Å². The lowest BCUT2D eigenvalue weighted by molar-refractivity contribution is -0.422. The van der Waals surface area contributed by atoms with Gasteiger partial charge in [-0.1, -0.05) is 0 Å². The lowest BCUT2D eigenvalue weighted by Gasteiger charge is -2.41. The van der Waals surface area contributed by atoms with Crippen LogP contribution in [-0.2, 0) is 14.2 Å². The van der Waals surface area contributed by atoms with Crippen LogP contribution in [0.25, 0.3) is 0 Å². The Hall–Kier alpha value is -2.50. The fourth-order valence-electron chi connectivity index (χ4n) is 3.07. The van der Waals surface area contributed by atoms with Crippen LogP contribution in [0.4, 0.5) is 11.4 Å². The van der Waals surface area contributed by atoms with Crippen molar-refractivity contribution in [3.63, 3.8) is 0 Å². The van der Waals surface area contributed by atoms with Gasteiger partial charge in [-0.15, -0.1) is 0 Å². The molecule has 172 valence electrons. The van der Waals surface area contributed by atoms with E-state index in [0.29, 0.717) is 0 Å². The first-order valence-corrected chi connectivity index (χ1v) is 8.98. The van der Waals surface area contributed by atoms with Gasteiger partial charge in [0.1, 0.15) is 42.4 Å². The van der Waals surface area contributed by atoms with Crippen LogP contribution >= 0.6 is 0 Å². The lowest BCUT2D eigenvalue weighted by Crippen LogP contribution is -2.60. The molecule has 15 nitrogen and oxygen atoms in total. The van der Waals surface area contributed by atoms with Gasteiger partial charge in [-0.3, -0.25) is 20.2 Å². The Morgan fingerprint density at radius 2 is 1.45 bits per heavy atom. The molecule has 0 saturated carbocycles. The third-order valence-electron chi connectivity index (χ3n) is 4.79. The highest BCUT2D eigenvalue weighted by molar-refractivity contribution is 5.55. The zero-order valence-electron chi connectivity index (χ0n) is 15.7. The minimum atomic E-state index is -1.72. The van der Waals surface area contributed by atoms with Gasteiger partial charge in [0.05, 0.1) is 29.1 Å². The third-order valence-corrected chi connectivity index (χ3v) is 4.79. The summed E-state index contributed by atoms with van der Waals surface area (Å²) in [6.45, 7) is -0.705. The average molecular weight is 448 g/mol. The van der Waals surface area contributed by atoms with Crippen LogP contribution in [-0.4, -0.2) is 97.8 Å². The number of nitro groups is 2. The summed E-state index contributed by atoms with van der Waals surface area (Å²) in [5.74, 6) is -0.226. The first-order valence-electron chi connectivity index (χ1n) is 8.98. The minimum absolute atomic E-state index is 0.226. The zero-order chi connectivity index (χ0) is 22.9. The lowest BCUT2D eigenvalue weighted by atomic mass is 10.0. The predicted octanol–water partition coefficient (Wildman–Crippen LogP) is -2.22. The van der Waals surface area contributed by atoms with Crippen molar-refractivity contribution < 1.29 is 54.3 Å². The SMILES string of the molecule is O=[N+]([O-])c1ccc(O[C@@H]2OC[C@@H](O[C@@H]3OC[C@@H](O)[C@H](O)[C@H]3O)[C@H](O)[C@H]2O)cc1[N+](=O)[O-]. The van der Waals surface area contributed by atoms with E-state index in [0.717, 1.165) is 18.2 Å². The van der Waals surface area contributed by atoms with E-state index in [2.05, 4.69) is 0 Å². The molecule has 0 unspecified atom stereocenters. The number of benzene rings is 1. The van der Waals surface area contributed by atoms with Gasteiger partial charge in [0.15, 0.2) is 6.29 Å². The molecule has 2 aliphatic heterocycles. The minimum Gasteiger partial charge on any atom is -0.462 e. The fraction of sp³-hybridized carbons (Fsp3) is 0.625. The molecule has 0 amide bonds. The van der Waals surface area contributed by atoms with Crippen molar-refractivity contribution in [1.82, 2.24) is 0 Å². The standard InChI is InChI=1S/C16H20N2O13/c19-9-4-28-16(13(22)11(9)20)31-10-5-29-15(14(23)12(10)21)30-6-1-2-7(17(24)25)8(3-6)18(26)27/h1-3,9-16,19-23H,4-5H2/t9-,10-,11+,12+,13-,14-,15+,16+/m1/s1. The van der Waals surface area contributed by atoms with Crippen molar-refractivity contribution in [3.8, 4) is 5.75 Å². The maximum absolute atomic E-state index is 11.0. The molecule has 5 N–H and O–H groups in total. The number of aliphatic hydroxyl groups excluding tert-OH is 5. The van der Waals surface area contributed by atoms with Gasteiger partial charge in [0.25, 0.3) is 0 Å². The molecule has 0 radical (unpaired) electrons. The van der Waals surface area contributed by atoms with Crippen LogP contribution in [0.1, 0.15) is 0 Å². The highest BCUT2D eigenvalue weighted by Crippen LogP contribution is 2.32. The molecule has 1 aromatic rings. The highest BCUT2D eigenvalue weighted by atomic mass is 16.7. The van der Waals surface area contributed by atoms with E-state index in [-0.39, 0.29) is 19.0 Å². The van der Waals surface area contributed by atoms with Crippen molar-refractivity contribution in [2.45, 2.75) is 49.2 Å². The molecule has 3 rings (SSSR count). The topological polar surface area (TPSA) is 224 Å². The maximum atomic E-state index is 11.0. The first-order chi connectivity index (χ1) is 14.6. The third kappa shape index (κ3) is 4.89. The van der Waals surface area contributed by atoms with Gasteiger partial charge < -0.3 is 44.5 Å². The summed E-state index contributed by atoms with van der Waals surface area (Å²) in [4.78, 5) is 20.0. The van der Waals surface area contributed by atoms with Crippen molar-refractivity contribution >= 4 is 11.4 Å². The van der Waals surface area contributed by atoms with E-state index < -0.39 is 70.4 Å². The van der Waals surface area contributed by atoms with E-state index in [9.17, 15) is 45.8 Å². The number of hydrogen-bond donors (Lipinski definition) is 5. The molecule has 0 bridgehead atoms. The Bertz CT molecular complexity index is 823. The quantitative estimate of drug-likeness (QED) is 0.230. The molecule has 2 saturated heterocycles. The van der Waals surface area contributed by atoms with Crippen LogP contribution in [0.5, 0.6) is 5.75 Å². The predicted molar refractivity (Wildman–Crippen MR) is 94.8 cm³/mol. The van der Waals surface area contributed by atoms with E-state index in [4.69, 9.17) is 18.9 Å². The summed E-state index contributed by atoms with van der Waals surface area (Å²) in [5, 5.41) is 71.5. The van der Waals surface area contributed by atoms with Crippen LogP contribution in [0.3, 0.4) is 0 Å². The number of nitrogens with zero attached hydrogens (tertiary/aromatic N) is 2. The fourth-order valence-corrected chi connectivity index (χ4v) is 3.07. The summed E-state index contributed by atoms with van der Waals surface area (Å²) in [7, 11) is 0. The summed E-state index contributed by atoms with van der Waals surface area (Å²) in [6, 6.07) is 2.70. The van der Waals surface area contributed by atoms with E-state index in [1.54, 1.807) is 0 Å². The van der Waals surface area contributed by atoms with Gasteiger partial charge >= 0.3 is 11.4 Å². The zero-order valence-corrected chi connectivity index (χ0v) is 15.7. The smallest absolute Gasteiger partial charge is 0.349 e. The summed E-state index contributed by atoms with van der Waals surface area (Å²) in [5.41, 5.74) is -1.59. The molecule has 31 heavy (non-hydrogen) atoms. The molecule has 0 aromatic heterocycles. The van der Waals surface area contributed by atoms with Crippen molar-refractivity contribution in [1.29, 1.82) is 0 Å². The molecule has 15 heteroatoms. The summed E-state index contributed by atoms with van der Waals surface area (Å²) >= 11 is 0. The van der Waals surface area contributed by atoms with E-state index in [1.807, 2.05) is 0 Å². The Labute approximate surface area is 173 Å². The molecule has 8 atom stereocenters. The average Bonchev–Trinajstić information content (AvgIpc) is 2.73. The van der Waals surface area contributed by atoms with Gasteiger partial charge in [-0.2, -0.15) is 0 Å². The van der Waals surface area contributed by atoms with Gasteiger partial charge in [0, 0.05) is 6.07 Å². The molecule has 2 fully saturated rings. The van der Waals surface area contributed by atoms with Gasteiger partial charge in [-0.25, -0.2) is 0 Å². The van der Waals surface area contributed by atoms with E-state index in [1.165, 1.54) is 0 Å². The van der Waals surface area contributed by atoms with Crippen LogP contribution in [0.2, 0.25) is 0 Å². The Balaban J connectivity index is 1.65. The van der Waals surface area contributed by atoms with Gasteiger partial charge in [0.2, 0.25) is 6.29 Å². The number of ether oxygens (including phenoxy) is 4. The molecular weight excluding hydrogens is 428 g/mol. The summed E-state index contributed by atoms with van der Waals surface area (Å²) in [6.07, 6.45) is -12.0. The van der Waals surface area contributed by atoms with E-state index >= 15 is 0 Å². The van der Waals surface area contributed by atoms with Crippen LogP contribution in [0, 0.1) is 20.2 Å². The number of rotatable bonds is 6. The van der Waals surface area contributed by atoms with Crippen LogP contribution in [0.15, 0.2) is 18.2 Å².